The highest BCUT2D eigenvalue weighted by atomic mass is 19.3. The molecular weight excluding hydrogens is 720 g/mol. The van der Waals surface area contributed by atoms with Crippen LogP contribution in [0.25, 0.3) is 16.8 Å². The zero-order valence-corrected chi connectivity index (χ0v) is 30.0. The van der Waals surface area contributed by atoms with Gasteiger partial charge in [-0.3, -0.25) is 9.78 Å². The second-order valence-electron chi connectivity index (χ2n) is 14.3. The van der Waals surface area contributed by atoms with Crippen LogP contribution in [0.4, 0.5) is 28.9 Å². The van der Waals surface area contributed by atoms with Gasteiger partial charge in [-0.15, -0.1) is 9.78 Å². The van der Waals surface area contributed by atoms with Crippen LogP contribution in [0.2, 0.25) is 0 Å². The molecule has 0 radical (unpaired) electrons. The number of aliphatic hydroxyl groups is 1. The Labute approximate surface area is 312 Å². The van der Waals surface area contributed by atoms with Gasteiger partial charge in [0, 0.05) is 66.4 Å². The van der Waals surface area contributed by atoms with E-state index in [4.69, 9.17) is 0 Å². The summed E-state index contributed by atoms with van der Waals surface area (Å²) < 4.78 is 63.9. The number of benzene rings is 3. The number of rotatable bonds is 9. The normalized spacial score (nSPS) is 14.9. The number of aromatic nitrogens is 8. The Morgan fingerprint density at radius 3 is 1.95 bits per heavy atom. The minimum Gasteiger partial charge on any atom is -0.377 e. The zero-order chi connectivity index (χ0) is 39.1. The molecule has 13 nitrogen and oxygen atoms in total. The molecule has 1 aliphatic rings. The molecule has 4 heterocycles. The SMILES string of the molecule is CC(C)(C)C(=O)n1ncn(-c2ccc(N3CCN(c4ccc(-c5ccc(C(F)(F)[C@](O)(Cn6cnnn6)c6ccc(F)cc6F)nc5)cc4)CC3)cc2)c1=O. The lowest BCUT2D eigenvalue weighted by Crippen LogP contribution is -2.48. The number of pyridine rings is 1. The molecule has 55 heavy (non-hydrogen) atoms. The summed E-state index contributed by atoms with van der Waals surface area (Å²) >= 11 is 0. The molecular formula is C38H36F4N10O3. The third-order valence-electron chi connectivity index (χ3n) is 9.61. The van der Waals surface area contributed by atoms with Crippen LogP contribution >= 0.6 is 0 Å². The van der Waals surface area contributed by atoms with Crippen LogP contribution in [0.15, 0.2) is 103 Å². The van der Waals surface area contributed by atoms with Crippen LogP contribution < -0.4 is 15.5 Å². The van der Waals surface area contributed by atoms with Gasteiger partial charge in [0.25, 0.3) is 5.91 Å². The van der Waals surface area contributed by atoms with Gasteiger partial charge in [0.15, 0.2) is 5.60 Å². The third kappa shape index (κ3) is 7.09. The molecule has 3 aromatic carbocycles. The summed E-state index contributed by atoms with van der Waals surface area (Å²) in [6.45, 7) is 7.18. The van der Waals surface area contributed by atoms with Crippen molar-refractivity contribution in [2.75, 3.05) is 36.0 Å². The minimum atomic E-state index is -4.17. The summed E-state index contributed by atoms with van der Waals surface area (Å²) in [5.41, 5.74) is -2.37. The Kier molecular flexibility index (Phi) is 9.58. The van der Waals surface area contributed by atoms with Crippen molar-refractivity contribution < 1.29 is 27.5 Å². The van der Waals surface area contributed by atoms with Crippen molar-refractivity contribution in [3.63, 3.8) is 0 Å². The Balaban J connectivity index is 1.01. The fourth-order valence-electron chi connectivity index (χ4n) is 6.48. The Morgan fingerprint density at radius 2 is 1.40 bits per heavy atom. The van der Waals surface area contributed by atoms with Crippen LogP contribution in [-0.4, -0.2) is 76.7 Å². The maximum absolute atomic E-state index is 16.2. The van der Waals surface area contributed by atoms with E-state index in [9.17, 15) is 23.5 Å². The summed E-state index contributed by atoms with van der Waals surface area (Å²) in [4.78, 5) is 33.9. The number of halogens is 4. The highest BCUT2D eigenvalue weighted by Crippen LogP contribution is 2.47. The molecule has 1 atom stereocenters. The van der Waals surface area contributed by atoms with Gasteiger partial charge >= 0.3 is 11.6 Å². The maximum atomic E-state index is 16.2. The molecule has 3 aromatic heterocycles. The van der Waals surface area contributed by atoms with Gasteiger partial charge in [-0.05, 0) is 70.6 Å². The number of piperazine rings is 1. The second kappa shape index (κ2) is 14.2. The molecule has 1 fully saturated rings. The average Bonchev–Trinajstić information content (AvgIpc) is 3.83. The standard InChI is InChI=1S/C38H36F4N10O3/c1-36(2,3)34(53)52-35(54)51(24-45-52)30-12-10-29(11-13-30)49-18-16-48(17-19-49)28-8-4-25(5-9-28)26-6-15-33(43-21-26)38(41,42)37(55,22-50-23-44-46-47-50)31-14-7-27(39)20-32(31)40/h4-15,20-21,23-24,55H,16-19,22H2,1-3H3/t37-/m0/s1. The van der Waals surface area contributed by atoms with Crippen molar-refractivity contribution >= 4 is 17.3 Å². The number of hydrogen-bond donors (Lipinski definition) is 1. The van der Waals surface area contributed by atoms with Gasteiger partial charge < -0.3 is 14.9 Å². The second-order valence-corrected chi connectivity index (χ2v) is 14.3. The number of tetrazole rings is 1. The van der Waals surface area contributed by atoms with E-state index in [0.717, 1.165) is 71.4 Å². The molecule has 1 aliphatic heterocycles. The van der Waals surface area contributed by atoms with Gasteiger partial charge in [-0.1, -0.05) is 39.0 Å². The average molecular weight is 757 g/mol. The minimum absolute atomic E-state index is 0.385. The number of nitrogens with zero attached hydrogens (tertiary/aromatic N) is 10. The van der Waals surface area contributed by atoms with Crippen LogP contribution in [0.3, 0.4) is 0 Å². The van der Waals surface area contributed by atoms with Crippen molar-refractivity contribution in [3.8, 4) is 16.8 Å². The molecule has 0 unspecified atom stereocenters. The lowest BCUT2D eigenvalue weighted by molar-refractivity contribution is -0.207. The topological polar surface area (TPSA) is 140 Å². The first-order valence-corrected chi connectivity index (χ1v) is 17.3. The molecule has 1 N–H and O–H groups in total. The number of carbonyl (C=O) groups is 1. The first kappa shape index (κ1) is 37.1. The van der Waals surface area contributed by atoms with E-state index in [-0.39, 0.29) is 5.91 Å². The lowest BCUT2D eigenvalue weighted by atomic mass is 9.84. The molecule has 7 rings (SSSR count). The van der Waals surface area contributed by atoms with E-state index in [2.05, 4.69) is 35.4 Å². The van der Waals surface area contributed by atoms with Crippen LogP contribution in [0.1, 0.15) is 36.8 Å². The molecule has 1 saturated heterocycles. The van der Waals surface area contributed by atoms with Gasteiger partial charge in [-0.25, -0.2) is 22.8 Å². The fourth-order valence-corrected chi connectivity index (χ4v) is 6.48. The molecule has 6 aromatic rings. The van der Waals surface area contributed by atoms with Gasteiger partial charge in [0.1, 0.15) is 30.0 Å². The molecule has 284 valence electrons. The van der Waals surface area contributed by atoms with Crippen molar-refractivity contribution in [3.05, 3.63) is 131 Å². The fraction of sp³-hybridized carbons (Fsp3) is 0.289. The predicted octanol–water partition coefficient (Wildman–Crippen LogP) is 5.05. The van der Waals surface area contributed by atoms with Gasteiger partial charge in [-0.2, -0.15) is 13.9 Å². The van der Waals surface area contributed by atoms with Gasteiger partial charge in [0.2, 0.25) is 0 Å². The van der Waals surface area contributed by atoms with E-state index < -0.39 is 52.1 Å². The molecule has 0 aliphatic carbocycles. The van der Waals surface area contributed by atoms with E-state index in [1.807, 2.05) is 48.5 Å². The van der Waals surface area contributed by atoms with Gasteiger partial charge in [0.05, 0.1) is 12.2 Å². The van der Waals surface area contributed by atoms with Crippen molar-refractivity contribution in [2.45, 2.75) is 38.8 Å². The Bertz CT molecular complexity index is 2350. The highest BCUT2D eigenvalue weighted by molar-refractivity contribution is 5.82. The van der Waals surface area contributed by atoms with E-state index in [1.54, 1.807) is 20.8 Å². The van der Waals surface area contributed by atoms with Crippen molar-refractivity contribution in [1.29, 1.82) is 0 Å². The molecule has 17 heteroatoms. The number of carbonyl (C=O) groups excluding carboxylic acids is 1. The van der Waals surface area contributed by atoms with Crippen molar-refractivity contribution in [1.82, 2.24) is 39.5 Å². The summed E-state index contributed by atoms with van der Waals surface area (Å²) in [5, 5.41) is 25.8. The molecule has 0 bridgehead atoms. The third-order valence-corrected chi connectivity index (χ3v) is 9.61. The number of alkyl halides is 2. The summed E-state index contributed by atoms with van der Waals surface area (Å²) in [6, 6.07) is 19.5. The quantitative estimate of drug-likeness (QED) is 0.199. The number of hydrogen-bond acceptors (Lipinski definition) is 10. The van der Waals surface area contributed by atoms with E-state index in [0.29, 0.717) is 22.9 Å². The van der Waals surface area contributed by atoms with Crippen LogP contribution in [0.5, 0.6) is 0 Å². The summed E-state index contributed by atoms with van der Waals surface area (Å²) in [6.07, 6.45) is 3.58. The zero-order valence-electron chi connectivity index (χ0n) is 30.0. The molecule has 0 saturated carbocycles. The highest BCUT2D eigenvalue weighted by Gasteiger charge is 2.58. The smallest absolute Gasteiger partial charge is 0.357 e. The van der Waals surface area contributed by atoms with Crippen molar-refractivity contribution in [2.24, 2.45) is 5.41 Å². The lowest BCUT2D eigenvalue weighted by Gasteiger charge is -2.37. The Morgan fingerprint density at radius 1 is 0.800 bits per heavy atom. The maximum Gasteiger partial charge on any atom is 0.357 e. The predicted molar refractivity (Wildman–Crippen MR) is 194 cm³/mol. The largest absolute Gasteiger partial charge is 0.377 e. The van der Waals surface area contributed by atoms with Crippen LogP contribution in [-0.2, 0) is 18.1 Å². The number of anilines is 2. The Hall–Kier alpha value is -6.23. The van der Waals surface area contributed by atoms with E-state index in [1.165, 1.54) is 23.2 Å². The van der Waals surface area contributed by atoms with Crippen LogP contribution in [0, 0.1) is 17.0 Å². The van der Waals surface area contributed by atoms with E-state index >= 15 is 8.78 Å². The molecule has 0 spiro atoms. The monoisotopic (exact) mass is 756 g/mol. The first-order valence-electron chi connectivity index (χ1n) is 17.3. The molecule has 0 amide bonds. The first-order chi connectivity index (χ1) is 26.2. The summed E-state index contributed by atoms with van der Waals surface area (Å²) in [7, 11) is 0. The summed E-state index contributed by atoms with van der Waals surface area (Å²) in [5.74, 6) is -6.91.